The molecule has 0 aliphatic heterocycles. The highest BCUT2D eigenvalue weighted by Crippen LogP contribution is 2.22. The minimum absolute atomic E-state index is 0.239. The molecule has 0 saturated heterocycles. The number of rotatable bonds is 4. The second kappa shape index (κ2) is 4.80. The van der Waals surface area contributed by atoms with E-state index in [1.165, 1.54) is 0 Å². The van der Waals surface area contributed by atoms with Crippen molar-refractivity contribution in [2.24, 2.45) is 11.8 Å². The number of hydrogen-bond acceptors (Lipinski definition) is 5. The van der Waals surface area contributed by atoms with E-state index >= 15 is 0 Å². The first-order chi connectivity index (χ1) is 8.49. The maximum Gasteiger partial charge on any atom is 0.224 e. The van der Waals surface area contributed by atoms with Crippen LogP contribution in [0.1, 0.15) is 27.7 Å². The van der Waals surface area contributed by atoms with Crippen LogP contribution in [0, 0.1) is 11.8 Å². The summed E-state index contributed by atoms with van der Waals surface area (Å²) in [6.45, 7) is 8.75. The highest BCUT2D eigenvalue weighted by molar-refractivity contribution is 5.83. The second-order valence-corrected chi connectivity index (χ2v) is 5.19. The number of hydrogen-bond donors (Lipinski definition) is 3. The van der Waals surface area contributed by atoms with Crippen LogP contribution < -0.4 is 11.1 Å². The highest BCUT2D eigenvalue weighted by atomic mass is 15.1. The van der Waals surface area contributed by atoms with Crippen molar-refractivity contribution in [1.29, 1.82) is 0 Å². The molecule has 0 atom stereocenters. The van der Waals surface area contributed by atoms with Crippen LogP contribution in [0.4, 0.5) is 11.8 Å². The van der Waals surface area contributed by atoms with Gasteiger partial charge >= 0.3 is 0 Å². The average molecular weight is 248 g/mol. The Bertz CT molecular complexity index is 522. The number of imidazole rings is 1. The smallest absolute Gasteiger partial charge is 0.224 e. The Morgan fingerprint density at radius 1 is 1.17 bits per heavy atom. The third-order valence-corrected chi connectivity index (χ3v) is 3.04. The van der Waals surface area contributed by atoms with Gasteiger partial charge < -0.3 is 16.0 Å². The topological polar surface area (TPSA) is 92.5 Å². The molecule has 0 saturated carbocycles. The Morgan fingerprint density at radius 3 is 2.44 bits per heavy atom. The molecule has 98 valence electrons. The van der Waals surface area contributed by atoms with E-state index in [2.05, 4.69) is 52.9 Å². The van der Waals surface area contributed by atoms with Crippen LogP contribution in [0.3, 0.4) is 0 Å². The number of H-pyrrole nitrogens is 1. The summed E-state index contributed by atoms with van der Waals surface area (Å²) in [5.74, 6) is 1.96. The number of nitrogens with two attached hydrogens (primary N) is 1. The largest absolute Gasteiger partial charge is 0.368 e. The molecule has 2 aromatic rings. The molecule has 0 amide bonds. The third kappa shape index (κ3) is 2.37. The summed E-state index contributed by atoms with van der Waals surface area (Å²) in [6, 6.07) is 0.325. The molecule has 0 spiro atoms. The highest BCUT2D eigenvalue weighted by Gasteiger charge is 2.19. The van der Waals surface area contributed by atoms with E-state index in [0.29, 0.717) is 23.5 Å². The van der Waals surface area contributed by atoms with Crippen LogP contribution in [0.5, 0.6) is 0 Å². The number of aromatic nitrogens is 4. The fraction of sp³-hybridized carbons (Fsp3) is 0.583. The molecule has 6 nitrogen and oxygen atoms in total. The van der Waals surface area contributed by atoms with Crippen molar-refractivity contribution in [3.8, 4) is 0 Å². The number of fused-ring (bicyclic) bond motifs is 1. The lowest BCUT2D eigenvalue weighted by Gasteiger charge is -2.26. The molecular formula is C12H20N6. The van der Waals surface area contributed by atoms with Crippen molar-refractivity contribution >= 4 is 22.9 Å². The molecular weight excluding hydrogens is 228 g/mol. The Morgan fingerprint density at radius 2 is 1.83 bits per heavy atom. The van der Waals surface area contributed by atoms with Crippen molar-refractivity contribution in [3.05, 3.63) is 6.33 Å². The van der Waals surface area contributed by atoms with Gasteiger partial charge in [0.15, 0.2) is 11.5 Å². The van der Waals surface area contributed by atoms with Gasteiger partial charge in [-0.3, -0.25) is 0 Å². The molecule has 0 fully saturated rings. The summed E-state index contributed by atoms with van der Waals surface area (Å²) in [6.07, 6.45) is 1.60. The van der Waals surface area contributed by atoms with Crippen molar-refractivity contribution < 1.29 is 0 Å². The van der Waals surface area contributed by atoms with Gasteiger partial charge in [-0.25, -0.2) is 4.98 Å². The van der Waals surface area contributed by atoms with E-state index in [9.17, 15) is 0 Å². The van der Waals surface area contributed by atoms with Gasteiger partial charge in [-0.15, -0.1) is 0 Å². The lowest BCUT2D eigenvalue weighted by molar-refractivity contribution is 0.412. The zero-order valence-electron chi connectivity index (χ0n) is 11.2. The first kappa shape index (κ1) is 12.6. The first-order valence-corrected chi connectivity index (χ1v) is 6.22. The Kier molecular flexibility index (Phi) is 3.36. The van der Waals surface area contributed by atoms with Crippen LogP contribution in [-0.2, 0) is 0 Å². The minimum atomic E-state index is 0.239. The Balaban J connectivity index is 2.38. The van der Waals surface area contributed by atoms with Crippen molar-refractivity contribution in [2.45, 2.75) is 33.7 Å². The molecule has 2 rings (SSSR count). The van der Waals surface area contributed by atoms with Gasteiger partial charge in [0.1, 0.15) is 5.52 Å². The maximum atomic E-state index is 5.70. The van der Waals surface area contributed by atoms with Crippen molar-refractivity contribution in [3.63, 3.8) is 0 Å². The molecule has 0 aliphatic rings. The number of nitrogen functional groups attached to an aromatic ring is 1. The zero-order valence-corrected chi connectivity index (χ0v) is 11.2. The average Bonchev–Trinajstić information content (AvgIpc) is 2.72. The molecule has 2 heterocycles. The van der Waals surface area contributed by atoms with Gasteiger partial charge in [0.05, 0.1) is 6.33 Å². The zero-order chi connectivity index (χ0) is 13.3. The minimum Gasteiger partial charge on any atom is -0.368 e. The quantitative estimate of drug-likeness (QED) is 0.769. The van der Waals surface area contributed by atoms with Crippen molar-refractivity contribution in [2.75, 3.05) is 11.1 Å². The molecule has 0 bridgehead atoms. The summed E-state index contributed by atoms with van der Waals surface area (Å²) in [5, 5.41) is 3.45. The number of anilines is 2. The molecule has 0 unspecified atom stereocenters. The van der Waals surface area contributed by atoms with E-state index < -0.39 is 0 Å². The predicted molar refractivity (Wildman–Crippen MR) is 73.2 cm³/mol. The predicted octanol–water partition coefficient (Wildman–Crippen LogP) is 2.03. The molecule has 2 aromatic heterocycles. The number of nitrogens with one attached hydrogen (secondary N) is 2. The van der Waals surface area contributed by atoms with Crippen molar-refractivity contribution in [1.82, 2.24) is 19.9 Å². The Hall–Kier alpha value is -1.85. The van der Waals surface area contributed by atoms with Gasteiger partial charge in [-0.05, 0) is 11.8 Å². The summed E-state index contributed by atoms with van der Waals surface area (Å²) in [5.41, 5.74) is 7.09. The van der Waals surface area contributed by atoms with E-state index in [4.69, 9.17) is 5.73 Å². The van der Waals surface area contributed by atoms with Crippen LogP contribution in [0.2, 0.25) is 0 Å². The fourth-order valence-corrected chi connectivity index (χ4v) is 2.22. The van der Waals surface area contributed by atoms with Gasteiger partial charge in [0.25, 0.3) is 0 Å². The molecule has 6 heteroatoms. The summed E-state index contributed by atoms with van der Waals surface area (Å²) in [7, 11) is 0. The molecule has 4 N–H and O–H groups in total. The van der Waals surface area contributed by atoms with Crippen LogP contribution in [0.15, 0.2) is 6.33 Å². The molecule has 0 aromatic carbocycles. The van der Waals surface area contributed by atoms with Gasteiger partial charge in [0.2, 0.25) is 5.95 Å². The third-order valence-electron chi connectivity index (χ3n) is 3.04. The monoisotopic (exact) mass is 248 g/mol. The SMILES string of the molecule is CC(C)C(Nc1nc(N)nc2nc[nH]c12)C(C)C. The summed E-state index contributed by atoms with van der Waals surface area (Å²) in [4.78, 5) is 15.5. The van der Waals surface area contributed by atoms with E-state index in [1.54, 1.807) is 6.33 Å². The van der Waals surface area contributed by atoms with Gasteiger partial charge in [-0.2, -0.15) is 9.97 Å². The van der Waals surface area contributed by atoms with Crippen LogP contribution >= 0.6 is 0 Å². The number of nitrogens with zero attached hydrogens (tertiary/aromatic N) is 3. The normalized spacial score (nSPS) is 11.9. The van der Waals surface area contributed by atoms with E-state index in [-0.39, 0.29) is 5.95 Å². The Labute approximate surface area is 106 Å². The molecule has 0 aliphatic carbocycles. The second-order valence-electron chi connectivity index (χ2n) is 5.19. The first-order valence-electron chi connectivity index (χ1n) is 6.22. The maximum absolute atomic E-state index is 5.70. The molecule has 0 radical (unpaired) electrons. The number of aromatic amines is 1. The fourth-order valence-electron chi connectivity index (χ4n) is 2.22. The van der Waals surface area contributed by atoms with E-state index in [0.717, 1.165) is 11.3 Å². The summed E-state index contributed by atoms with van der Waals surface area (Å²) < 4.78 is 0. The standard InChI is InChI=1S/C12H20N6/c1-6(2)8(7(3)4)16-11-9-10(15-5-14-9)17-12(13)18-11/h5-8H,1-4H3,(H4,13,14,15,16,17,18). The van der Waals surface area contributed by atoms with Gasteiger partial charge in [-0.1, -0.05) is 27.7 Å². The summed E-state index contributed by atoms with van der Waals surface area (Å²) >= 11 is 0. The van der Waals surface area contributed by atoms with Gasteiger partial charge in [0, 0.05) is 6.04 Å². The van der Waals surface area contributed by atoms with Crippen LogP contribution in [0.25, 0.3) is 11.2 Å². The van der Waals surface area contributed by atoms with Crippen LogP contribution in [-0.4, -0.2) is 26.0 Å². The van der Waals surface area contributed by atoms with E-state index in [1.807, 2.05) is 0 Å². The molecule has 18 heavy (non-hydrogen) atoms. The lowest BCUT2D eigenvalue weighted by atomic mass is 9.93. The lowest BCUT2D eigenvalue weighted by Crippen LogP contribution is -2.31.